The van der Waals surface area contributed by atoms with Crippen LogP contribution in [0.2, 0.25) is 0 Å². The summed E-state index contributed by atoms with van der Waals surface area (Å²) >= 11 is 3.25. The van der Waals surface area contributed by atoms with Gasteiger partial charge in [-0.05, 0) is 18.2 Å². The van der Waals surface area contributed by atoms with Crippen LogP contribution in [-0.2, 0) is 11.3 Å². The summed E-state index contributed by atoms with van der Waals surface area (Å²) in [5.74, 6) is -0.884. The zero-order chi connectivity index (χ0) is 12.1. The second kappa shape index (κ2) is 5.93. The topological polar surface area (TPSA) is 81.1 Å². The molecule has 1 unspecified atom stereocenters. The molecular formula is C10H13BrFN3O. The van der Waals surface area contributed by atoms with E-state index in [1.54, 1.807) is 12.1 Å². The van der Waals surface area contributed by atoms with Crippen LogP contribution < -0.4 is 16.8 Å². The van der Waals surface area contributed by atoms with Gasteiger partial charge in [-0.2, -0.15) is 0 Å². The van der Waals surface area contributed by atoms with Crippen LogP contribution >= 0.6 is 15.9 Å². The minimum absolute atomic E-state index is 0.223. The number of rotatable bonds is 5. The molecule has 0 radical (unpaired) electrons. The van der Waals surface area contributed by atoms with Gasteiger partial charge < -0.3 is 16.8 Å². The Labute approximate surface area is 101 Å². The second-order valence-corrected chi connectivity index (χ2v) is 4.29. The Balaban J connectivity index is 2.48. The Morgan fingerprint density at radius 2 is 2.25 bits per heavy atom. The fourth-order valence-corrected chi connectivity index (χ4v) is 1.55. The van der Waals surface area contributed by atoms with Crippen molar-refractivity contribution in [1.82, 2.24) is 5.32 Å². The first kappa shape index (κ1) is 13.1. The molecule has 1 aromatic carbocycles. The lowest BCUT2D eigenvalue weighted by molar-refractivity contribution is -0.119. The molecule has 6 heteroatoms. The molecule has 0 aromatic heterocycles. The summed E-state index contributed by atoms with van der Waals surface area (Å²) in [6, 6.07) is 3.90. The van der Waals surface area contributed by atoms with E-state index in [2.05, 4.69) is 21.2 Å². The van der Waals surface area contributed by atoms with Gasteiger partial charge in [0.2, 0.25) is 5.91 Å². The highest BCUT2D eigenvalue weighted by Gasteiger charge is 2.09. The summed E-state index contributed by atoms with van der Waals surface area (Å²) in [5, 5.41) is 2.86. The van der Waals surface area contributed by atoms with E-state index in [4.69, 9.17) is 11.5 Å². The number of nitrogens with one attached hydrogen (secondary N) is 1. The maximum atomic E-state index is 13.3. The Morgan fingerprint density at radius 1 is 1.56 bits per heavy atom. The lowest BCUT2D eigenvalue weighted by Gasteiger charge is -2.09. The fraction of sp³-hybridized carbons (Fsp3) is 0.300. The van der Waals surface area contributed by atoms with Crippen LogP contribution in [-0.4, -0.2) is 18.5 Å². The minimum atomic E-state index is -0.754. The van der Waals surface area contributed by atoms with Gasteiger partial charge in [-0.3, -0.25) is 4.79 Å². The largest absolute Gasteiger partial charge is 0.368 e. The summed E-state index contributed by atoms with van der Waals surface area (Å²) in [7, 11) is 0. The van der Waals surface area contributed by atoms with Crippen LogP contribution in [0.3, 0.4) is 0 Å². The fourth-order valence-electron chi connectivity index (χ4n) is 1.14. The van der Waals surface area contributed by atoms with Crippen molar-refractivity contribution >= 4 is 21.8 Å². The van der Waals surface area contributed by atoms with Crippen molar-refractivity contribution in [3.63, 3.8) is 0 Å². The van der Waals surface area contributed by atoms with Crippen molar-refractivity contribution in [2.24, 2.45) is 11.5 Å². The zero-order valence-electron chi connectivity index (χ0n) is 8.54. The molecule has 1 atom stereocenters. The quantitative estimate of drug-likeness (QED) is 0.738. The number of carbonyl (C=O) groups excluding carboxylic acids is 1. The maximum Gasteiger partial charge on any atom is 0.235 e. The monoisotopic (exact) mass is 289 g/mol. The predicted molar refractivity (Wildman–Crippen MR) is 63.0 cm³/mol. The average molecular weight is 290 g/mol. The van der Waals surface area contributed by atoms with Gasteiger partial charge in [0, 0.05) is 23.1 Å². The van der Waals surface area contributed by atoms with Gasteiger partial charge in [-0.1, -0.05) is 15.9 Å². The summed E-state index contributed by atoms with van der Waals surface area (Å²) in [6.07, 6.45) is 0. The highest BCUT2D eigenvalue weighted by molar-refractivity contribution is 9.10. The molecule has 0 saturated heterocycles. The normalized spacial score (nSPS) is 12.4. The van der Waals surface area contributed by atoms with Crippen molar-refractivity contribution < 1.29 is 9.18 Å². The van der Waals surface area contributed by atoms with Crippen molar-refractivity contribution in [3.05, 3.63) is 34.1 Å². The number of primary amides is 1. The number of hydrogen-bond acceptors (Lipinski definition) is 3. The highest BCUT2D eigenvalue weighted by atomic mass is 79.9. The number of benzene rings is 1. The number of hydrogen-bond donors (Lipinski definition) is 3. The molecule has 0 aliphatic heterocycles. The summed E-state index contributed by atoms with van der Waals surface area (Å²) in [4.78, 5) is 10.6. The van der Waals surface area contributed by atoms with Crippen molar-refractivity contribution in [1.29, 1.82) is 0 Å². The molecule has 1 aromatic rings. The molecule has 1 rings (SSSR count). The van der Waals surface area contributed by atoms with Crippen LogP contribution in [0.25, 0.3) is 0 Å². The van der Waals surface area contributed by atoms with E-state index in [1.807, 2.05) is 0 Å². The van der Waals surface area contributed by atoms with Gasteiger partial charge in [0.1, 0.15) is 5.82 Å². The van der Waals surface area contributed by atoms with Crippen LogP contribution in [0.5, 0.6) is 0 Å². The van der Waals surface area contributed by atoms with Crippen molar-refractivity contribution in [2.75, 3.05) is 6.54 Å². The van der Waals surface area contributed by atoms with Crippen LogP contribution in [0, 0.1) is 5.82 Å². The maximum absolute atomic E-state index is 13.3. The van der Waals surface area contributed by atoms with Crippen LogP contribution in [0.4, 0.5) is 4.39 Å². The molecule has 1 amide bonds. The van der Waals surface area contributed by atoms with E-state index in [0.717, 1.165) is 4.47 Å². The van der Waals surface area contributed by atoms with Crippen molar-refractivity contribution in [2.45, 2.75) is 12.6 Å². The lowest BCUT2D eigenvalue weighted by Crippen LogP contribution is -2.44. The Bertz CT molecular complexity index is 386. The molecule has 5 N–H and O–H groups in total. The van der Waals surface area contributed by atoms with E-state index in [9.17, 15) is 9.18 Å². The average Bonchev–Trinajstić information content (AvgIpc) is 2.22. The number of nitrogens with two attached hydrogens (primary N) is 2. The van der Waals surface area contributed by atoms with Crippen LogP contribution in [0.15, 0.2) is 22.7 Å². The van der Waals surface area contributed by atoms with E-state index < -0.39 is 11.9 Å². The molecule has 0 saturated carbocycles. The molecule has 0 heterocycles. The Kier molecular flexibility index (Phi) is 4.85. The third-order valence-electron chi connectivity index (χ3n) is 2.05. The number of amides is 1. The molecule has 4 nitrogen and oxygen atoms in total. The molecule has 88 valence electrons. The molecule has 0 fully saturated rings. The molecule has 0 aliphatic rings. The van der Waals surface area contributed by atoms with Gasteiger partial charge in [0.15, 0.2) is 0 Å². The number of halogens is 2. The Hall–Kier alpha value is -0.980. The first-order valence-electron chi connectivity index (χ1n) is 4.70. The predicted octanol–water partition coefficient (Wildman–Crippen LogP) is 0.490. The van der Waals surface area contributed by atoms with E-state index in [0.29, 0.717) is 12.1 Å². The van der Waals surface area contributed by atoms with Gasteiger partial charge in [-0.25, -0.2) is 4.39 Å². The third kappa shape index (κ3) is 3.88. The number of carbonyl (C=O) groups is 1. The minimum Gasteiger partial charge on any atom is -0.368 e. The first-order chi connectivity index (χ1) is 7.50. The van der Waals surface area contributed by atoms with E-state index in [-0.39, 0.29) is 12.4 Å². The van der Waals surface area contributed by atoms with Gasteiger partial charge in [0.25, 0.3) is 0 Å². The zero-order valence-corrected chi connectivity index (χ0v) is 10.1. The van der Waals surface area contributed by atoms with E-state index in [1.165, 1.54) is 6.07 Å². The third-order valence-corrected chi connectivity index (χ3v) is 2.55. The summed E-state index contributed by atoms with van der Waals surface area (Å²) in [6.45, 7) is 0.521. The first-order valence-corrected chi connectivity index (χ1v) is 5.49. The molecule has 16 heavy (non-hydrogen) atoms. The smallest absolute Gasteiger partial charge is 0.235 e. The van der Waals surface area contributed by atoms with E-state index >= 15 is 0 Å². The lowest BCUT2D eigenvalue weighted by atomic mass is 10.2. The molecule has 0 aliphatic carbocycles. The van der Waals surface area contributed by atoms with Crippen molar-refractivity contribution in [3.8, 4) is 0 Å². The highest BCUT2D eigenvalue weighted by Crippen LogP contribution is 2.15. The molecule has 0 bridgehead atoms. The van der Waals surface area contributed by atoms with Gasteiger partial charge in [0.05, 0.1) is 6.04 Å². The van der Waals surface area contributed by atoms with Gasteiger partial charge in [-0.15, -0.1) is 0 Å². The SMILES string of the molecule is NC(=O)C(N)CNCc1cc(Br)ccc1F. The molecule has 0 spiro atoms. The van der Waals surface area contributed by atoms with Crippen LogP contribution in [0.1, 0.15) is 5.56 Å². The second-order valence-electron chi connectivity index (χ2n) is 3.38. The Morgan fingerprint density at radius 3 is 2.88 bits per heavy atom. The summed E-state index contributed by atoms with van der Waals surface area (Å²) in [5.41, 5.74) is 10.9. The van der Waals surface area contributed by atoms with Gasteiger partial charge >= 0.3 is 0 Å². The summed E-state index contributed by atoms with van der Waals surface area (Å²) < 4.78 is 14.1. The molecular weight excluding hydrogens is 277 g/mol. The standard InChI is InChI=1S/C10H13BrFN3O/c11-7-1-2-8(12)6(3-7)4-15-5-9(13)10(14)16/h1-3,9,15H,4-5,13H2,(H2,14,16).